The maximum atomic E-state index is 11.9. The van der Waals surface area contributed by atoms with E-state index in [2.05, 4.69) is 0 Å². The number of carboxylic acid groups (broad SMARTS) is 1. The van der Waals surface area contributed by atoms with E-state index in [-0.39, 0.29) is 16.9 Å². The fourth-order valence-electron chi connectivity index (χ4n) is 1.79. The van der Waals surface area contributed by atoms with Crippen LogP contribution in [-0.2, 0) is 9.59 Å². The zero-order valence-electron chi connectivity index (χ0n) is 12.1. The monoisotopic (exact) mass is 448 g/mol. The normalized spacial score (nSPS) is 16.1. The number of amides is 2. The van der Waals surface area contributed by atoms with Crippen LogP contribution in [0.2, 0.25) is 0 Å². The minimum atomic E-state index is -1.34. The first-order valence-corrected chi connectivity index (χ1v) is 8.14. The van der Waals surface area contributed by atoms with E-state index in [9.17, 15) is 19.5 Å². The molecule has 23 heavy (non-hydrogen) atoms. The van der Waals surface area contributed by atoms with Crippen molar-refractivity contribution in [1.82, 2.24) is 4.90 Å². The van der Waals surface area contributed by atoms with Gasteiger partial charge in [-0.1, -0.05) is 0 Å². The summed E-state index contributed by atoms with van der Waals surface area (Å²) < 4.78 is 10.9. The smallest absolute Gasteiger partial charge is 0.293 e. The van der Waals surface area contributed by atoms with Crippen molar-refractivity contribution in [2.24, 2.45) is 0 Å². The molecule has 0 unspecified atom stereocenters. The molecule has 2 rings (SSSR count). The lowest BCUT2D eigenvalue weighted by Gasteiger charge is -2.14. The van der Waals surface area contributed by atoms with Crippen molar-refractivity contribution in [3.8, 4) is 11.5 Å². The second kappa shape index (κ2) is 7.21. The summed E-state index contributed by atoms with van der Waals surface area (Å²) in [7, 11) is 2.83. The van der Waals surface area contributed by atoms with Gasteiger partial charge in [-0.2, -0.15) is 0 Å². The number of methoxy groups -OCH3 is 1. The molecule has 0 bridgehead atoms. The molecule has 1 saturated heterocycles. The van der Waals surface area contributed by atoms with Gasteiger partial charge in [-0.3, -0.25) is 14.5 Å². The molecule has 0 radical (unpaired) electrons. The molecular weight excluding hydrogens is 437 g/mol. The number of imide groups is 1. The van der Waals surface area contributed by atoms with Gasteiger partial charge in [0.1, 0.15) is 6.61 Å². The summed E-state index contributed by atoms with van der Waals surface area (Å²) in [6, 6.07) is 3.29. The Balaban J connectivity index is 2.35. The molecule has 0 spiro atoms. The van der Waals surface area contributed by atoms with Gasteiger partial charge in [0.2, 0.25) is 0 Å². The molecule has 9 heteroatoms. The number of thioether (sulfide) groups is 1. The number of hydrogen-bond donors (Lipinski definition) is 0. The topological polar surface area (TPSA) is 96.0 Å². The predicted octanol–water partition coefficient (Wildman–Crippen LogP) is 1.09. The first-order chi connectivity index (χ1) is 10.8. The number of ether oxygens (including phenoxy) is 2. The number of halogens is 1. The number of rotatable bonds is 5. The van der Waals surface area contributed by atoms with E-state index in [1.165, 1.54) is 14.2 Å². The molecule has 1 heterocycles. The van der Waals surface area contributed by atoms with Crippen molar-refractivity contribution in [3.63, 3.8) is 0 Å². The van der Waals surface area contributed by atoms with Crippen molar-refractivity contribution >= 4 is 57.5 Å². The minimum absolute atomic E-state index is 0.276. The predicted molar refractivity (Wildman–Crippen MR) is 89.9 cm³/mol. The standard InChI is InChI=1S/C14H12INO6S/c1-16-13(19)10(23-14(16)20)5-7-3-8(15)12(9(4-7)21-2)22-6-11(17)18/h3-5H,6H2,1-2H3,(H,17,18)/p-1/b10-5-. The van der Waals surface area contributed by atoms with E-state index < -0.39 is 12.6 Å². The van der Waals surface area contributed by atoms with Crippen molar-refractivity contribution in [3.05, 3.63) is 26.2 Å². The van der Waals surface area contributed by atoms with Crippen LogP contribution < -0.4 is 14.6 Å². The summed E-state index contributed by atoms with van der Waals surface area (Å²) in [5, 5.41) is 10.2. The van der Waals surface area contributed by atoms with Gasteiger partial charge in [0, 0.05) is 7.05 Å². The van der Waals surface area contributed by atoms with Crippen molar-refractivity contribution in [1.29, 1.82) is 0 Å². The zero-order chi connectivity index (χ0) is 17.1. The van der Waals surface area contributed by atoms with E-state index in [0.29, 0.717) is 19.8 Å². The Morgan fingerprint density at radius 2 is 2.13 bits per heavy atom. The van der Waals surface area contributed by atoms with E-state index in [0.717, 1.165) is 16.7 Å². The van der Waals surface area contributed by atoms with Gasteiger partial charge < -0.3 is 19.4 Å². The third-order valence-corrected chi connectivity index (χ3v) is 4.63. The van der Waals surface area contributed by atoms with E-state index >= 15 is 0 Å². The highest BCUT2D eigenvalue weighted by Crippen LogP contribution is 2.36. The summed E-state index contributed by atoms with van der Waals surface area (Å²) in [5.74, 6) is -1.12. The Morgan fingerprint density at radius 1 is 1.43 bits per heavy atom. The van der Waals surface area contributed by atoms with E-state index in [1.54, 1.807) is 18.2 Å². The van der Waals surface area contributed by atoms with Crippen LogP contribution in [0.25, 0.3) is 6.08 Å². The van der Waals surface area contributed by atoms with E-state index in [1.807, 2.05) is 22.6 Å². The first kappa shape index (κ1) is 17.6. The summed E-state index contributed by atoms with van der Waals surface area (Å²) in [6.45, 7) is -0.597. The van der Waals surface area contributed by atoms with Crippen LogP contribution >= 0.6 is 34.4 Å². The van der Waals surface area contributed by atoms with Gasteiger partial charge in [-0.25, -0.2) is 0 Å². The number of likely N-dealkylation sites (N-methyl/N-ethyl adjacent to an activating group) is 1. The second-order valence-corrected chi connectivity index (χ2v) is 6.59. The third kappa shape index (κ3) is 3.96. The molecule has 0 N–H and O–H groups in total. The van der Waals surface area contributed by atoms with E-state index in [4.69, 9.17) is 9.47 Å². The number of hydrogen-bond acceptors (Lipinski definition) is 7. The van der Waals surface area contributed by atoms with Crippen molar-refractivity contribution in [2.75, 3.05) is 20.8 Å². The van der Waals surface area contributed by atoms with Gasteiger partial charge in [-0.15, -0.1) is 0 Å². The molecule has 1 fully saturated rings. The van der Waals surface area contributed by atoms with Crippen LogP contribution in [0.4, 0.5) is 4.79 Å². The fraction of sp³-hybridized carbons (Fsp3) is 0.214. The Hall–Kier alpha value is -1.75. The van der Waals surface area contributed by atoms with Gasteiger partial charge in [0.15, 0.2) is 11.5 Å². The third-order valence-electron chi connectivity index (χ3n) is 2.87. The lowest BCUT2D eigenvalue weighted by Crippen LogP contribution is -2.29. The largest absolute Gasteiger partial charge is 0.546 e. The van der Waals surface area contributed by atoms with Crippen LogP contribution in [0.5, 0.6) is 11.5 Å². The average Bonchev–Trinajstić information content (AvgIpc) is 2.72. The van der Waals surface area contributed by atoms with Gasteiger partial charge in [-0.05, 0) is 58.1 Å². The number of benzene rings is 1. The van der Waals surface area contributed by atoms with Crippen molar-refractivity contribution in [2.45, 2.75) is 0 Å². The molecule has 1 aliphatic rings. The summed E-state index contributed by atoms with van der Waals surface area (Å²) >= 11 is 2.82. The molecule has 7 nitrogen and oxygen atoms in total. The van der Waals surface area contributed by atoms with Crippen molar-refractivity contribution < 1.29 is 29.0 Å². The summed E-state index contributed by atoms with van der Waals surface area (Å²) in [4.78, 5) is 35.2. The molecule has 0 aliphatic carbocycles. The molecule has 1 aromatic rings. The van der Waals surface area contributed by atoms with Gasteiger partial charge in [0.25, 0.3) is 11.1 Å². The van der Waals surface area contributed by atoms with Crippen LogP contribution in [0.3, 0.4) is 0 Å². The van der Waals surface area contributed by atoms with Gasteiger partial charge >= 0.3 is 0 Å². The highest BCUT2D eigenvalue weighted by molar-refractivity contribution is 14.1. The maximum Gasteiger partial charge on any atom is 0.293 e. The Bertz CT molecular complexity index is 717. The molecule has 122 valence electrons. The number of carbonyl (C=O) groups is 3. The van der Waals surface area contributed by atoms with Crippen LogP contribution in [-0.4, -0.2) is 42.8 Å². The summed E-state index contributed by atoms with van der Waals surface area (Å²) in [6.07, 6.45) is 1.57. The summed E-state index contributed by atoms with van der Waals surface area (Å²) in [5.41, 5.74) is 0.631. The quantitative estimate of drug-likeness (QED) is 0.492. The zero-order valence-corrected chi connectivity index (χ0v) is 15.1. The molecule has 0 saturated carbocycles. The number of carboxylic acids is 1. The van der Waals surface area contributed by atoms with Crippen LogP contribution in [0.1, 0.15) is 5.56 Å². The molecule has 1 aromatic carbocycles. The Kier molecular flexibility index (Phi) is 5.52. The fourth-order valence-corrected chi connectivity index (χ4v) is 3.40. The average molecular weight is 448 g/mol. The SMILES string of the molecule is COc1cc(/C=C2\SC(=O)N(C)C2=O)cc(I)c1OCC(=O)[O-]. The lowest BCUT2D eigenvalue weighted by molar-refractivity contribution is -0.307. The Labute approximate surface area is 149 Å². The molecule has 2 amide bonds. The minimum Gasteiger partial charge on any atom is -0.546 e. The number of nitrogens with zero attached hydrogens (tertiary/aromatic N) is 1. The number of carbonyl (C=O) groups excluding carboxylic acids is 3. The second-order valence-electron chi connectivity index (χ2n) is 4.44. The Morgan fingerprint density at radius 3 is 2.65 bits per heavy atom. The molecule has 1 aliphatic heterocycles. The highest BCUT2D eigenvalue weighted by Gasteiger charge is 2.31. The maximum absolute atomic E-state index is 11.9. The molecular formula is C14H11INO6S-. The first-order valence-electron chi connectivity index (χ1n) is 6.25. The van der Waals surface area contributed by atoms with Crippen LogP contribution in [0, 0.1) is 3.57 Å². The number of aliphatic carboxylic acids is 1. The highest BCUT2D eigenvalue weighted by atomic mass is 127. The molecule has 0 aromatic heterocycles. The van der Waals surface area contributed by atoms with Gasteiger partial charge in [0.05, 0.1) is 21.6 Å². The van der Waals surface area contributed by atoms with Crippen LogP contribution in [0.15, 0.2) is 17.0 Å². The molecule has 0 atom stereocenters. The lowest BCUT2D eigenvalue weighted by atomic mass is 10.2.